The van der Waals surface area contributed by atoms with E-state index < -0.39 is 0 Å². The first-order chi connectivity index (χ1) is 11.3. The van der Waals surface area contributed by atoms with Gasteiger partial charge >= 0.3 is 0 Å². The summed E-state index contributed by atoms with van der Waals surface area (Å²) in [6.45, 7) is 0.998. The molecule has 0 bridgehead atoms. The molecule has 0 aliphatic carbocycles. The van der Waals surface area contributed by atoms with Crippen molar-refractivity contribution in [3.8, 4) is 5.75 Å². The Hall–Kier alpha value is -2.18. The monoisotopic (exact) mass is 347 g/mol. The van der Waals surface area contributed by atoms with E-state index >= 15 is 0 Å². The van der Waals surface area contributed by atoms with Crippen molar-refractivity contribution < 1.29 is 9.53 Å². The number of hydrogen-bond donors (Lipinski definition) is 1. The van der Waals surface area contributed by atoms with E-state index in [1.54, 1.807) is 11.7 Å². The lowest BCUT2D eigenvalue weighted by Crippen LogP contribution is -2.25. The zero-order chi connectivity index (χ0) is 16.1. The highest BCUT2D eigenvalue weighted by atomic mass is 35.5. The van der Waals surface area contributed by atoms with Crippen molar-refractivity contribution >= 4 is 39.7 Å². The fourth-order valence-corrected chi connectivity index (χ4v) is 3.03. The lowest BCUT2D eigenvalue weighted by atomic mass is 10.2. The summed E-state index contributed by atoms with van der Waals surface area (Å²) in [4.78, 5) is 20.5. The SMILES string of the molecule is O=C(NCCCOc1cccc2cccnc12)c1scnc1Cl. The van der Waals surface area contributed by atoms with Crippen LogP contribution in [0.4, 0.5) is 0 Å². The number of amides is 1. The second kappa shape index (κ2) is 7.39. The van der Waals surface area contributed by atoms with Gasteiger partial charge in [0.05, 0.1) is 12.1 Å². The Bertz CT molecular complexity index is 816. The van der Waals surface area contributed by atoms with E-state index in [1.165, 1.54) is 11.3 Å². The second-order valence-electron chi connectivity index (χ2n) is 4.76. The van der Waals surface area contributed by atoms with Crippen LogP contribution in [0.15, 0.2) is 42.0 Å². The molecule has 2 aromatic heterocycles. The highest BCUT2D eigenvalue weighted by Gasteiger charge is 2.12. The topological polar surface area (TPSA) is 64.1 Å². The van der Waals surface area contributed by atoms with E-state index in [4.69, 9.17) is 16.3 Å². The van der Waals surface area contributed by atoms with E-state index in [-0.39, 0.29) is 11.1 Å². The Morgan fingerprint density at radius 2 is 2.13 bits per heavy atom. The number of para-hydroxylation sites is 1. The third kappa shape index (κ3) is 3.78. The Morgan fingerprint density at radius 3 is 2.96 bits per heavy atom. The minimum absolute atomic E-state index is 0.204. The molecule has 0 spiro atoms. The van der Waals surface area contributed by atoms with Crippen molar-refractivity contribution in [3.05, 3.63) is 52.1 Å². The van der Waals surface area contributed by atoms with Gasteiger partial charge in [0.15, 0.2) is 5.15 Å². The average molecular weight is 348 g/mol. The van der Waals surface area contributed by atoms with Crippen molar-refractivity contribution in [3.63, 3.8) is 0 Å². The normalized spacial score (nSPS) is 10.7. The van der Waals surface area contributed by atoms with E-state index in [0.717, 1.165) is 16.7 Å². The third-order valence-corrected chi connectivity index (χ3v) is 4.41. The van der Waals surface area contributed by atoms with E-state index in [2.05, 4.69) is 15.3 Å². The van der Waals surface area contributed by atoms with Crippen molar-refractivity contribution in [2.45, 2.75) is 6.42 Å². The molecule has 118 valence electrons. The number of hydrogen-bond acceptors (Lipinski definition) is 5. The summed E-state index contributed by atoms with van der Waals surface area (Å²) in [5, 5.41) is 4.08. The summed E-state index contributed by atoms with van der Waals surface area (Å²) in [6, 6.07) is 9.71. The van der Waals surface area contributed by atoms with Crippen molar-refractivity contribution in [2.24, 2.45) is 0 Å². The van der Waals surface area contributed by atoms with Gasteiger partial charge in [0.25, 0.3) is 5.91 Å². The van der Waals surface area contributed by atoms with Gasteiger partial charge in [-0.15, -0.1) is 11.3 Å². The summed E-state index contributed by atoms with van der Waals surface area (Å²) < 4.78 is 5.77. The van der Waals surface area contributed by atoms with Gasteiger partial charge in [-0.2, -0.15) is 0 Å². The average Bonchev–Trinajstić information content (AvgIpc) is 3.00. The van der Waals surface area contributed by atoms with Gasteiger partial charge in [-0.1, -0.05) is 29.8 Å². The van der Waals surface area contributed by atoms with Gasteiger partial charge in [-0.3, -0.25) is 9.78 Å². The second-order valence-corrected chi connectivity index (χ2v) is 5.97. The van der Waals surface area contributed by atoms with Crippen LogP contribution in [0.2, 0.25) is 5.15 Å². The van der Waals surface area contributed by atoms with Gasteiger partial charge in [0.2, 0.25) is 0 Å². The molecule has 1 aromatic carbocycles. The number of benzene rings is 1. The van der Waals surface area contributed by atoms with Crippen LogP contribution in [-0.4, -0.2) is 29.0 Å². The van der Waals surface area contributed by atoms with Crippen LogP contribution >= 0.6 is 22.9 Å². The Balaban J connectivity index is 1.48. The maximum Gasteiger partial charge on any atom is 0.264 e. The largest absolute Gasteiger partial charge is 0.491 e. The van der Waals surface area contributed by atoms with Crippen LogP contribution in [0.3, 0.4) is 0 Å². The molecular weight excluding hydrogens is 334 g/mol. The van der Waals surface area contributed by atoms with Crippen molar-refractivity contribution in [1.82, 2.24) is 15.3 Å². The molecular formula is C16H14ClN3O2S. The summed E-state index contributed by atoms with van der Waals surface area (Å²) in [7, 11) is 0. The number of nitrogens with zero attached hydrogens (tertiary/aromatic N) is 2. The maximum atomic E-state index is 11.9. The fraction of sp³-hybridized carbons (Fsp3) is 0.188. The zero-order valence-electron chi connectivity index (χ0n) is 12.2. The molecule has 0 aliphatic rings. The van der Waals surface area contributed by atoms with Gasteiger partial charge in [0, 0.05) is 18.1 Å². The predicted molar refractivity (Wildman–Crippen MR) is 91.3 cm³/mol. The lowest BCUT2D eigenvalue weighted by molar-refractivity contribution is 0.0955. The van der Waals surface area contributed by atoms with Crippen LogP contribution in [0.1, 0.15) is 16.1 Å². The van der Waals surface area contributed by atoms with Gasteiger partial charge in [-0.05, 0) is 18.6 Å². The quantitative estimate of drug-likeness (QED) is 0.693. The van der Waals surface area contributed by atoms with Crippen LogP contribution in [-0.2, 0) is 0 Å². The van der Waals surface area contributed by atoms with Crippen LogP contribution < -0.4 is 10.1 Å². The van der Waals surface area contributed by atoms with E-state index in [0.29, 0.717) is 24.4 Å². The number of fused-ring (bicyclic) bond motifs is 1. The smallest absolute Gasteiger partial charge is 0.264 e. The molecule has 2 heterocycles. The number of aromatic nitrogens is 2. The molecule has 0 aliphatic heterocycles. The molecule has 0 saturated carbocycles. The number of nitrogens with one attached hydrogen (secondary N) is 1. The zero-order valence-corrected chi connectivity index (χ0v) is 13.7. The minimum Gasteiger partial charge on any atom is -0.491 e. The van der Waals surface area contributed by atoms with Crippen molar-refractivity contribution in [2.75, 3.05) is 13.2 Å². The minimum atomic E-state index is -0.204. The van der Waals surface area contributed by atoms with E-state index in [1.807, 2.05) is 30.3 Å². The van der Waals surface area contributed by atoms with Gasteiger partial charge < -0.3 is 10.1 Å². The molecule has 1 amide bonds. The summed E-state index contributed by atoms with van der Waals surface area (Å²) in [6.07, 6.45) is 2.43. The standard InChI is InChI=1S/C16H14ClN3O2S/c17-15-14(23-10-20-15)16(21)19-8-3-9-22-12-6-1-4-11-5-2-7-18-13(11)12/h1-2,4-7,10H,3,8-9H2,(H,19,21). The van der Waals surface area contributed by atoms with Crippen LogP contribution in [0.5, 0.6) is 5.75 Å². The molecule has 0 atom stereocenters. The van der Waals surface area contributed by atoms with Gasteiger partial charge in [-0.25, -0.2) is 4.98 Å². The molecule has 0 radical (unpaired) electrons. The fourth-order valence-electron chi connectivity index (χ4n) is 2.11. The number of thiazole rings is 1. The van der Waals surface area contributed by atoms with E-state index in [9.17, 15) is 4.79 Å². The number of carbonyl (C=O) groups is 1. The number of ether oxygens (including phenoxy) is 1. The molecule has 7 heteroatoms. The van der Waals surface area contributed by atoms with Crippen LogP contribution in [0.25, 0.3) is 10.9 Å². The number of pyridine rings is 1. The Morgan fingerprint density at radius 1 is 1.26 bits per heavy atom. The number of rotatable bonds is 6. The molecule has 23 heavy (non-hydrogen) atoms. The number of carbonyl (C=O) groups excluding carboxylic acids is 1. The molecule has 5 nitrogen and oxygen atoms in total. The lowest BCUT2D eigenvalue weighted by Gasteiger charge is -2.09. The summed E-state index contributed by atoms with van der Waals surface area (Å²) in [5.74, 6) is 0.546. The molecule has 3 aromatic rings. The highest BCUT2D eigenvalue weighted by molar-refractivity contribution is 7.12. The highest BCUT2D eigenvalue weighted by Crippen LogP contribution is 2.23. The Kier molecular flexibility index (Phi) is 5.05. The predicted octanol–water partition coefficient (Wildman–Crippen LogP) is 3.54. The van der Waals surface area contributed by atoms with Gasteiger partial charge in [0.1, 0.15) is 16.1 Å². The Labute approximate surface area is 142 Å². The molecule has 0 unspecified atom stereocenters. The number of halogens is 1. The molecule has 3 rings (SSSR count). The third-order valence-electron chi connectivity index (χ3n) is 3.19. The first-order valence-corrected chi connectivity index (χ1v) is 8.35. The first kappa shape index (κ1) is 15.7. The molecule has 1 N–H and O–H groups in total. The summed E-state index contributed by atoms with van der Waals surface area (Å²) in [5.41, 5.74) is 2.39. The van der Waals surface area contributed by atoms with Crippen LogP contribution in [0, 0.1) is 0 Å². The molecule has 0 fully saturated rings. The first-order valence-electron chi connectivity index (χ1n) is 7.09. The molecule has 0 saturated heterocycles. The summed E-state index contributed by atoms with van der Waals surface area (Å²) >= 11 is 7.04. The van der Waals surface area contributed by atoms with Crippen molar-refractivity contribution in [1.29, 1.82) is 0 Å². The maximum absolute atomic E-state index is 11.9.